The molecule has 1 saturated heterocycles. The number of hydrogen-bond acceptors (Lipinski definition) is 4. The van der Waals surface area contributed by atoms with E-state index in [-0.39, 0.29) is 24.0 Å². The largest absolute Gasteiger partial charge is 0.447 e. The molecular weight excluding hydrogens is 438 g/mol. The van der Waals surface area contributed by atoms with Crippen LogP contribution < -0.4 is 0 Å². The molecule has 35 heavy (non-hydrogen) atoms. The molecule has 0 radical (unpaired) electrons. The average molecular weight is 484 g/mol. The van der Waals surface area contributed by atoms with Crippen LogP contribution in [0.5, 0.6) is 0 Å². The number of methoxy groups -OCH3 is 1. The van der Waals surface area contributed by atoms with E-state index in [1.807, 2.05) is 30.3 Å². The van der Waals surface area contributed by atoms with E-state index >= 15 is 0 Å². The third-order valence-corrected chi connectivity index (χ3v) is 7.84. The molecule has 1 saturated carbocycles. The zero-order valence-corrected chi connectivity index (χ0v) is 21.9. The monoisotopic (exact) mass is 483 g/mol. The van der Waals surface area contributed by atoms with E-state index in [2.05, 4.69) is 19.1 Å². The number of carbonyl (C=O) groups is 2. The maximum Gasteiger partial charge on any atom is 0.410 e. The van der Waals surface area contributed by atoms with E-state index in [1.54, 1.807) is 12.0 Å². The maximum atomic E-state index is 12.8. The van der Waals surface area contributed by atoms with Crippen molar-refractivity contribution in [3.05, 3.63) is 48.0 Å². The van der Waals surface area contributed by atoms with Gasteiger partial charge in [-0.25, -0.2) is 4.79 Å². The second kappa shape index (κ2) is 14.4. The molecule has 194 valence electrons. The van der Waals surface area contributed by atoms with Crippen molar-refractivity contribution >= 4 is 11.9 Å². The summed E-state index contributed by atoms with van der Waals surface area (Å²) in [6, 6.07) is 9.52. The third-order valence-electron chi connectivity index (χ3n) is 7.84. The molecule has 0 unspecified atom stereocenters. The molecule has 3 rings (SSSR count). The van der Waals surface area contributed by atoms with Crippen molar-refractivity contribution in [1.82, 2.24) is 4.90 Å². The molecule has 5 heteroatoms. The number of amides is 1. The van der Waals surface area contributed by atoms with Crippen molar-refractivity contribution < 1.29 is 19.1 Å². The van der Waals surface area contributed by atoms with E-state index in [9.17, 15) is 9.59 Å². The average Bonchev–Trinajstić information content (AvgIpc) is 3.25. The Morgan fingerprint density at radius 2 is 1.54 bits per heavy atom. The lowest BCUT2D eigenvalue weighted by molar-refractivity contribution is -0.173. The van der Waals surface area contributed by atoms with Crippen molar-refractivity contribution in [3.8, 4) is 0 Å². The van der Waals surface area contributed by atoms with Gasteiger partial charge in [-0.05, 0) is 31.7 Å². The minimum Gasteiger partial charge on any atom is -0.447 e. The summed E-state index contributed by atoms with van der Waals surface area (Å²) in [5.41, 5.74) is 0.153. The minimum atomic E-state index is -0.886. The first kappa shape index (κ1) is 27.4. The van der Waals surface area contributed by atoms with Crippen LogP contribution in [0.15, 0.2) is 42.5 Å². The van der Waals surface area contributed by atoms with Crippen LogP contribution in [0.3, 0.4) is 0 Å². The molecule has 1 amide bonds. The highest BCUT2D eigenvalue weighted by Gasteiger charge is 2.61. The van der Waals surface area contributed by atoms with Gasteiger partial charge in [-0.1, -0.05) is 107 Å². The lowest BCUT2D eigenvalue weighted by atomic mass is 9.69. The first-order valence-corrected chi connectivity index (χ1v) is 13.8. The fraction of sp³-hybridized carbons (Fsp3) is 0.667. The summed E-state index contributed by atoms with van der Waals surface area (Å²) >= 11 is 0. The highest BCUT2D eigenvalue weighted by molar-refractivity contribution is 5.96. The molecule has 3 atom stereocenters. The van der Waals surface area contributed by atoms with Gasteiger partial charge >= 0.3 is 6.09 Å². The lowest BCUT2D eigenvalue weighted by Crippen LogP contribution is -2.68. The smallest absolute Gasteiger partial charge is 0.410 e. The van der Waals surface area contributed by atoms with Gasteiger partial charge in [0.1, 0.15) is 12.2 Å². The number of cyclic esters (lactones) is 1. The fourth-order valence-electron chi connectivity index (χ4n) is 5.67. The Morgan fingerprint density at radius 3 is 2.11 bits per heavy atom. The van der Waals surface area contributed by atoms with Gasteiger partial charge in [-0.15, -0.1) is 0 Å². The van der Waals surface area contributed by atoms with E-state index in [4.69, 9.17) is 9.47 Å². The van der Waals surface area contributed by atoms with Gasteiger partial charge in [-0.2, -0.15) is 0 Å². The van der Waals surface area contributed by atoms with Crippen LogP contribution in [-0.2, 0) is 14.3 Å². The van der Waals surface area contributed by atoms with Crippen LogP contribution in [0.25, 0.3) is 0 Å². The summed E-state index contributed by atoms with van der Waals surface area (Å²) in [4.78, 5) is 27.2. The Morgan fingerprint density at radius 1 is 0.943 bits per heavy atom. The van der Waals surface area contributed by atoms with Crippen LogP contribution in [-0.4, -0.2) is 42.1 Å². The molecule has 0 spiro atoms. The first-order chi connectivity index (χ1) is 17.1. The van der Waals surface area contributed by atoms with Gasteiger partial charge in [0.25, 0.3) is 0 Å². The van der Waals surface area contributed by atoms with Gasteiger partial charge in [-0.3, -0.25) is 9.69 Å². The molecule has 0 bridgehead atoms. The molecule has 2 fully saturated rings. The Balaban J connectivity index is 1.36. The Hall–Kier alpha value is -2.14. The van der Waals surface area contributed by atoms with Crippen LogP contribution in [0.1, 0.15) is 108 Å². The highest BCUT2D eigenvalue weighted by atomic mass is 16.6. The molecule has 0 N–H and O–H groups in total. The fourth-order valence-corrected chi connectivity index (χ4v) is 5.67. The summed E-state index contributed by atoms with van der Waals surface area (Å²) in [6.45, 7) is 2.41. The van der Waals surface area contributed by atoms with Crippen LogP contribution in [0, 0.1) is 0 Å². The molecule has 0 aromatic heterocycles. The zero-order chi connectivity index (χ0) is 24.9. The zero-order valence-electron chi connectivity index (χ0n) is 21.9. The Labute approximate surface area is 212 Å². The SMILES string of the molecule is C/C=C/CCCCCCCCCCCCC[C@@]1(OC)C(=O)C[C@H]1N1C(=O)OC[C@H]1c1ccccc1. The van der Waals surface area contributed by atoms with Crippen LogP contribution in [0.4, 0.5) is 4.79 Å². The van der Waals surface area contributed by atoms with Gasteiger partial charge < -0.3 is 9.47 Å². The minimum absolute atomic E-state index is 0.113. The Kier molecular flexibility index (Phi) is 11.3. The number of unbranched alkanes of at least 4 members (excludes halogenated alkanes) is 11. The number of ether oxygens (including phenoxy) is 2. The van der Waals surface area contributed by atoms with E-state index in [0.29, 0.717) is 19.4 Å². The quantitative estimate of drug-likeness (QED) is 0.169. The molecule has 1 aliphatic carbocycles. The summed E-state index contributed by atoms with van der Waals surface area (Å²) < 4.78 is 11.3. The van der Waals surface area contributed by atoms with Gasteiger partial charge in [0.15, 0.2) is 5.78 Å². The first-order valence-electron chi connectivity index (χ1n) is 13.8. The Bertz CT molecular complexity index is 808. The third kappa shape index (κ3) is 7.19. The number of allylic oxidation sites excluding steroid dienone is 2. The van der Waals surface area contributed by atoms with E-state index in [0.717, 1.165) is 18.4 Å². The molecule has 1 aromatic rings. The molecular formula is C30H45NO4. The second-order valence-corrected chi connectivity index (χ2v) is 10.1. The van der Waals surface area contributed by atoms with Crippen molar-refractivity contribution in [3.63, 3.8) is 0 Å². The summed E-state index contributed by atoms with van der Waals surface area (Å²) in [5.74, 6) is 0.113. The number of ketones is 1. The number of Topliss-reactive ketones (excluding diaryl/α,β-unsaturated/α-hetero) is 1. The van der Waals surface area contributed by atoms with Crippen LogP contribution in [0.2, 0.25) is 0 Å². The number of carbonyl (C=O) groups excluding carboxylic acids is 2. The standard InChI is InChI=1S/C30H45NO4/c1-3-4-5-6-7-8-9-10-11-12-13-14-15-19-22-30(34-2)27(23-28(30)32)31-26(24-35-29(31)33)25-20-17-16-18-21-25/h3-4,16-18,20-21,26-27H,5-15,19,22-24H2,1-2H3/b4-3+/t26-,27+,30-/m0/s1. The molecule has 2 aliphatic rings. The van der Waals surface area contributed by atoms with E-state index < -0.39 is 5.60 Å². The summed E-state index contributed by atoms with van der Waals surface area (Å²) in [7, 11) is 1.61. The van der Waals surface area contributed by atoms with E-state index in [1.165, 1.54) is 64.2 Å². The van der Waals surface area contributed by atoms with Crippen molar-refractivity contribution in [2.75, 3.05) is 13.7 Å². The number of hydrogen-bond donors (Lipinski definition) is 0. The lowest BCUT2D eigenvalue weighted by Gasteiger charge is -2.51. The second-order valence-electron chi connectivity index (χ2n) is 10.1. The normalized spacial score (nSPS) is 24.2. The topological polar surface area (TPSA) is 55.8 Å². The highest BCUT2D eigenvalue weighted by Crippen LogP contribution is 2.45. The molecule has 1 heterocycles. The summed E-state index contributed by atoms with van der Waals surface area (Å²) in [6.07, 6.45) is 20.2. The van der Waals surface area contributed by atoms with Crippen molar-refractivity contribution in [2.45, 2.75) is 114 Å². The van der Waals surface area contributed by atoms with Crippen molar-refractivity contribution in [1.29, 1.82) is 0 Å². The molecule has 1 aliphatic heterocycles. The number of rotatable bonds is 17. The van der Waals surface area contributed by atoms with Crippen molar-refractivity contribution in [2.24, 2.45) is 0 Å². The van der Waals surface area contributed by atoms with Crippen LogP contribution >= 0.6 is 0 Å². The van der Waals surface area contributed by atoms with Gasteiger partial charge in [0.05, 0.1) is 12.1 Å². The molecule has 1 aromatic carbocycles. The summed E-state index contributed by atoms with van der Waals surface area (Å²) in [5, 5.41) is 0. The number of nitrogens with zero attached hydrogens (tertiary/aromatic N) is 1. The van der Waals surface area contributed by atoms with Gasteiger partial charge in [0.2, 0.25) is 0 Å². The maximum absolute atomic E-state index is 12.8. The predicted molar refractivity (Wildman–Crippen MR) is 140 cm³/mol. The number of benzene rings is 1. The molecule has 5 nitrogen and oxygen atoms in total. The predicted octanol–water partition coefficient (Wildman–Crippen LogP) is 7.55. The van der Waals surface area contributed by atoms with Gasteiger partial charge in [0, 0.05) is 13.5 Å².